The molecule has 2 N–H and O–H groups in total. The van der Waals surface area contributed by atoms with Crippen LogP contribution in [0.4, 0.5) is 4.79 Å². The van der Waals surface area contributed by atoms with Crippen LogP contribution >= 0.6 is 0 Å². The Hall–Kier alpha value is -0.770. The van der Waals surface area contributed by atoms with E-state index >= 15 is 0 Å². The molecular formula is C8H16N2O2. The molecule has 1 aliphatic heterocycles. The van der Waals surface area contributed by atoms with Crippen molar-refractivity contribution in [3.05, 3.63) is 0 Å². The van der Waals surface area contributed by atoms with Crippen LogP contribution < -0.4 is 5.32 Å². The highest BCUT2D eigenvalue weighted by Crippen LogP contribution is 2.09. The maximum Gasteiger partial charge on any atom is 0.407 e. The first kappa shape index (κ1) is 9.32. The monoisotopic (exact) mass is 172 g/mol. The molecule has 0 spiro atoms. The lowest BCUT2D eigenvalue weighted by Crippen LogP contribution is -2.53. The molecule has 1 rings (SSSR count). The van der Waals surface area contributed by atoms with Gasteiger partial charge in [-0.15, -0.1) is 0 Å². The molecule has 4 heteroatoms. The Bertz CT molecular complexity index is 159. The Morgan fingerprint density at radius 1 is 1.75 bits per heavy atom. The summed E-state index contributed by atoms with van der Waals surface area (Å²) in [5, 5.41) is 12.0. The Kier molecular flexibility index (Phi) is 3.34. The fourth-order valence-electron chi connectivity index (χ4n) is 1.60. The fraction of sp³-hybridized carbons (Fsp3) is 0.875. The molecule has 0 aromatic heterocycles. The molecule has 4 nitrogen and oxygen atoms in total. The van der Waals surface area contributed by atoms with Gasteiger partial charge in [-0.05, 0) is 6.42 Å². The van der Waals surface area contributed by atoms with E-state index in [4.69, 9.17) is 5.11 Å². The first-order valence-electron chi connectivity index (χ1n) is 4.46. The molecule has 0 aromatic rings. The van der Waals surface area contributed by atoms with Crippen LogP contribution in [-0.2, 0) is 0 Å². The first-order chi connectivity index (χ1) is 5.75. The summed E-state index contributed by atoms with van der Waals surface area (Å²) in [6.07, 6.45) is 1.21. The Labute approximate surface area is 72.6 Å². The molecule has 1 aliphatic rings. The van der Waals surface area contributed by atoms with Crippen molar-refractivity contribution in [2.45, 2.75) is 25.8 Å². The highest BCUT2D eigenvalue weighted by Gasteiger charge is 2.24. The van der Waals surface area contributed by atoms with Gasteiger partial charge in [0.2, 0.25) is 0 Å². The summed E-state index contributed by atoms with van der Waals surface area (Å²) in [7, 11) is 0. The summed E-state index contributed by atoms with van der Waals surface area (Å²) in [5.74, 6) is 0. The summed E-state index contributed by atoms with van der Waals surface area (Å²) < 4.78 is 0. The topological polar surface area (TPSA) is 52.6 Å². The summed E-state index contributed by atoms with van der Waals surface area (Å²) in [6.45, 7) is 4.29. The van der Waals surface area contributed by atoms with E-state index in [1.807, 2.05) is 0 Å². The number of carboxylic acid groups (broad SMARTS) is 1. The molecule has 0 saturated carbocycles. The highest BCUT2D eigenvalue weighted by atomic mass is 16.4. The molecule has 70 valence electrons. The highest BCUT2D eigenvalue weighted by molar-refractivity contribution is 5.65. The average Bonchev–Trinajstić information content (AvgIpc) is 2.05. The zero-order valence-electron chi connectivity index (χ0n) is 7.42. The van der Waals surface area contributed by atoms with Crippen molar-refractivity contribution >= 4 is 6.09 Å². The molecule has 1 saturated heterocycles. The van der Waals surface area contributed by atoms with Gasteiger partial charge in [0.25, 0.3) is 0 Å². The lowest BCUT2D eigenvalue weighted by atomic mass is 10.1. The summed E-state index contributed by atoms with van der Waals surface area (Å²) in [6, 6.07) is 0.182. The maximum absolute atomic E-state index is 10.7. The number of rotatable bonds is 2. The van der Waals surface area contributed by atoms with Crippen molar-refractivity contribution in [2.75, 3.05) is 19.6 Å². The van der Waals surface area contributed by atoms with Crippen molar-refractivity contribution in [1.82, 2.24) is 10.2 Å². The smallest absolute Gasteiger partial charge is 0.407 e. The molecule has 1 heterocycles. The summed E-state index contributed by atoms with van der Waals surface area (Å²) in [4.78, 5) is 12.3. The van der Waals surface area contributed by atoms with E-state index < -0.39 is 6.09 Å². The molecular weight excluding hydrogens is 156 g/mol. The van der Waals surface area contributed by atoms with Crippen LogP contribution in [0.2, 0.25) is 0 Å². The molecule has 1 atom stereocenters. The minimum Gasteiger partial charge on any atom is -0.465 e. The van der Waals surface area contributed by atoms with Crippen molar-refractivity contribution in [2.24, 2.45) is 0 Å². The van der Waals surface area contributed by atoms with Gasteiger partial charge in [-0.3, -0.25) is 0 Å². The van der Waals surface area contributed by atoms with Gasteiger partial charge in [0.05, 0.1) is 0 Å². The molecule has 1 amide bonds. The molecule has 0 aromatic carbocycles. The van der Waals surface area contributed by atoms with E-state index in [9.17, 15) is 4.79 Å². The molecule has 0 aliphatic carbocycles. The molecule has 1 fully saturated rings. The lowest BCUT2D eigenvalue weighted by molar-refractivity contribution is 0.109. The van der Waals surface area contributed by atoms with Crippen molar-refractivity contribution < 1.29 is 9.90 Å². The quantitative estimate of drug-likeness (QED) is 0.646. The number of nitrogens with one attached hydrogen (secondary N) is 1. The number of hydrogen-bond acceptors (Lipinski definition) is 2. The zero-order chi connectivity index (χ0) is 8.97. The second-order valence-electron chi connectivity index (χ2n) is 3.12. The predicted octanol–water partition coefficient (Wildman–Crippen LogP) is 0.738. The van der Waals surface area contributed by atoms with Gasteiger partial charge < -0.3 is 15.3 Å². The van der Waals surface area contributed by atoms with E-state index in [1.54, 1.807) is 4.90 Å². The molecule has 0 radical (unpaired) electrons. The van der Waals surface area contributed by atoms with Gasteiger partial charge >= 0.3 is 6.09 Å². The second kappa shape index (κ2) is 4.30. The van der Waals surface area contributed by atoms with E-state index in [1.165, 1.54) is 0 Å². The van der Waals surface area contributed by atoms with Gasteiger partial charge in [-0.1, -0.05) is 13.3 Å². The van der Waals surface area contributed by atoms with Crippen molar-refractivity contribution in [1.29, 1.82) is 0 Å². The van der Waals surface area contributed by atoms with Gasteiger partial charge in [0, 0.05) is 25.7 Å². The van der Waals surface area contributed by atoms with E-state index in [2.05, 4.69) is 12.2 Å². The largest absolute Gasteiger partial charge is 0.465 e. The number of piperazine rings is 1. The molecule has 0 bridgehead atoms. The van der Waals surface area contributed by atoms with Crippen LogP contribution in [-0.4, -0.2) is 41.8 Å². The van der Waals surface area contributed by atoms with Gasteiger partial charge in [-0.2, -0.15) is 0 Å². The maximum atomic E-state index is 10.7. The SMILES string of the molecule is CCCC1CNCCN1C(=O)O. The minimum absolute atomic E-state index is 0.182. The average molecular weight is 172 g/mol. The van der Waals surface area contributed by atoms with Crippen LogP contribution in [0.25, 0.3) is 0 Å². The fourth-order valence-corrected chi connectivity index (χ4v) is 1.60. The van der Waals surface area contributed by atoms with Crippen molar-refractivity contribution in [3.63, 3.8) is 0 Å². The van der Waals surface area contributed by atoms with Gasteiger partial charge in [0.15, 0.2) is 0 Å². The van der Waals surface area contributed by atoms with Crippen LogP contribution in [0.5, 0.6) is 0 Å². The van der Waals surface area contributed by atoms with Gasteiger partial charge in [0.1, 0.15) is 0 Å². The van der Waals surface area contributed by atoms with Crippen LogP contribution in [0.15, 0.2) is 0 Å². The van der Waals surface area contributed by atoms with E-state index in [0.717, 1.165) is 25.9 Å². The standard InChI is InChI=1S/C8H16N2O2/c1-2-3-7-6-9-4-5-10(7)8(11)12/h7,9H,2-6H2,1H3,(H,11,12). The minimum atomic E-state index is -0.782. The van der Waals surface area contributed by atoms with Crippen LogP contribution in [0, 0.1) is 0 Å². The molecule has 1 unspecified atom stereocenters. The number of nitrogens with zero attached hydrogens (tertiary/aromatic N) is 1. The van der Waals surface area contributed by atoms with E-state index in [-0.39, 0.29) is 6.04 Å². The predicted molar refractivity (Wildman–Crippen MR) is 46.3 cm³/mol. The second-order valence-corrected chi connectivity index (χ2v) is 3.12. The van der Waals surface area contributed by atoms with Crippen molar-refractivity contribution in [3.8, 4) is 0 Å². The third-order valence-electron chi connectivity index (χ3n) is 2.22. The Morgan fingerprint density at radius 2 is 2.50 bits per heavy atom. The third kappa shape index (κ3) is 2.11. The normalized spacial score (nSPS) is 24.1. The zero-order valence-corrected chi connectivity index (χ0v) is 7.42. The Balaban J connectivity index is 2.48. The third-order valence-corrected chi connectivity index (χ3v) is 2.22. The van der Waals surface area contributed by atoms with Gasteiger partial charge in [-0.25, -0.2) is 4.79 Å². The number of amides is 1. The summed E-state index contributed by atoms with van der Waals surface area (Å²) >= 11 is 0. The number of hydrogen-bond donors (Lipinski definition) is 2. The Morgan fingerprint density at radius 3 is 3.08 bits per heavy atom. The summed E-state index contributed by atoms with van der Waals surface area (Å²) in [5.41, 5.74) is 0. The van der Waals surface area contributed by atoms with E-state index in [0.29, 0.717) is 6.54 Å². The van der Waals surface area contributed by atoms with Crippen LogP contribution in [0.3, 0.4) is 0 Å². The van der Waals surface area contributed by atoms with Crippen LogP contribution in [0.1, 0.15) is 19.8 Å². The lowest BCUT2D eigenvalue weighted by Gasteiger charge is -2.33. The molecule has 12 heavy (non-hydrogen) atoms. The number of carbonyl (C=O) groups is 1. The first-order valence-corrected chi connectivity index (χ1v) is 4.46.